The predicted molar refractivity (Wildman–Crippen MR) is 94.4 cm³/mol. The second-order valence-corrected chi connectivity index (χ2v) is 8.28. The van der Waals surface area contributed by atoms with Gasteiger partial charge in [-0.2, -0.15) is 18.2 Å². The molecule has 1 N–H and O–H groups in total. The van der Waals surface area contributed by atoms with Gasteiger partial charge in [-0.3, -0.25) is 0 Å². The van der Waals surface area contributed by atoms with E-state index in [4.69, 9.17) is 4.52 Å². The molecular formula is C18H17F3N4OS. The molecule has 0 bridgehead atoms. The summed E-state index contributed by atoms with van der Waals surface area (Å²) in [6, 6.07) is 4.91. The van der Waals surface area contributed by atoms with E-state index >= 15 is 0 Å². The summed E-state index contributed by atoms with van der Waals surface area (Å²) in [5.74, 6) is 2.71. The molecule has 1 aliphatic heterocycles. The molecule has 3 aromatic rings. The van der Waals surface area contributed by atoms with E-state index in [1.807, 2.05) is 0 Å². The summed E-state index contributed by atoms with van der Waals surface area (Å²) in [5.41, 5.74) is 0.974. The monoisotopic (exact) mass is 394 g/mol. The second-order valence-electron chi connectivity index (χ2n) is 7.25. The van der Waals surface area contributed by atoms with Gasteiger partial charge in [-0.1, -0.05) is 5.16 Å². The number of nitrogens with zero attached hydrogens (tertiary/aromatic N) is 3. The number of piperidine rings is 1. The molecule has 1 saturated carbocycles. The van der Waals surface area contributed by atoms with Crippen molar-refractivity contribution in [2.45, 2.75) is 31.4 Å². The molecule has 0 unspecified atom stereocenters. The molecule has 2 fully saturated rings. The van der Waals surface area contributed by atoms with Gasteiger partial charge in [-0.25, -0.2) is 4.98 Å². The van der Waals surface area contributed by atoms with Crippen molar-refractivity contribution in [2.24, 2.45) is 11.8 Å². The van der Waals surface area contributed by atoms with Crippen LogP contribution in [0.2, 0.25) is 0 Å². The highest BCUT2D eigenvalue weighted by Crippen LogP contribution is 2.53. The average Bonchev–Trinajstić information content (AvgIpc) is 3.10. The summed E-state index contributed by atoms with van der Waals surface area (Å²) >= 11 is 0.629. The molecule has 1 saturated heterocycles. The van der Waals surface area contributed by atoms with Crippen molar-refractivity contribution in [2.75, 3.05) is 13.1 Å². The number of rotatable bonds is 3. The molecule has 3 heterocycles. The minimum Gasteiger partial charge on any atom is -0.339 e. The number of hydrogen-bond donors (Lipinski definition) is 1. The standard InChI is InChI=1S/C18H17F3N4OS/c19-18(20,21)17-23-13-2-1-10(7-14(13)27-17)15-24-16(26-25-15)12-8-11(12)9-3-5-22-6-4-9/h1-2,7,9,11-12,22H,3-6,8H2/t11-,12+/m0/s1. The van der Waals surface area contributed by atoms with Crippen LogP contribution in [0, 0.1) is 11.8 Å². The van der Waals surface area contributed by atoms with Gasteiger partial charge in [0, 0.05) is 11.5 Å². The Morgan fingerprint density at radius 2 is 1.96 bits per heavy atom. The molecule has 5 rings (SSSR count). The van der Waals surface area contributed by atoms with Gasteiger partial charge in [0.05, 0.1) is 10.2 Å². The molecule has 2 aromatic heterocycles. The van der Waals surface area contributed by atoms with Crippen LogP contribution < -0.4 is 5.32 Å². The lowest BCUT2D eigenvalue weighted by Gasteiger charge is -2.22. The fourth-order valence-electron chi connectivity index (χ4n) is 3.98. The maximum Gasteiger partial charge on any atom is 0.443 e. The van der Waals surface area contributed by atoms with E-state index in [2.05, 4.69) is 20.4 Å². The van der Waals surface area contributed by atoms with Gasteiger partial charge >= 0.3 is 6.18 Å². The topological polar surface area (TPSA) is 63.8 Å². The van der Waals surface area contributed by atoms with Crippen molar-refractivity contribution < 1.29 is 17.7 Å². The molecule has 142 valence electrons. The smallest absolute Gasteiger partial charge is 0.339 e. The molecule has 5 nitrogen and oxygen atoms in total. The second kappa shape index (κ2) is 6.27. The lowest BCUT2D eigenvalue weighted by Crippen LogP contribution is -2.28. The number of thiazole rings is 1. The number of nitrogens with one attached hydrogen (secondary N) is 1. The Kier molecular flexibility index (Phi) is 3.98. The number of fused-ring (bicyclic) bond motifs is 1. The summed E-state index contributed by atoms with van der Waals surface area (Å²) in [7, 11) is 0. The van der Waals surface area contributed by atoms with Gasteiger partial charge in [0.15, 0.2) is 5.01 Å². The van der Waals surface area contributed by atoms with Crippen molar-refractivity contribution in [3.63, 3.8) is 0 Å². The molecule has 27 heavy (non-hydrogen) atoms. The Morgan fingerprint density at radius 1 is 1.15 bits per heavy atom. The summed E-state index contributed by atoms with van der Waals surface area (Å²) in [6.07, 6.45) is -0.981. The van der Waals surface area contributed by atoms with Gasteiger partial charge in [-0.05, 0) is 62.4 Å². The van der Waals surface area contributed by atoms with Gasteiger partial charge in [0.1, 0.15) is 0 Å². The van der Waals surface area contributed by atoms with Crippen molar-refractivity contribution >= 4 is 21.6 Å². The van der Waals surface area contributed by atoms with Crippen molar-refractivity contribution in [3.8, 4) is 11.4 Å². The highest BCUT2D eigenvalue weighted by Gasteiger charge is 2.47. The lowest BCUT2D eigenvalue weighted by atomic mass is 9.92. The van der Waals surface area contributed by atoms with Crippen LogP contribution in [0.1, 0.15) is 36.1 Å². The highest BCUT2D eigenvalue weighted by molar-refractivity contribution is 7.18. The zero-order chi connectivity index (χ0) is 18.6. The van der Waals surface area contributed by atoms with Gasteiger partial charge in [-0.15, -0.1) is 11.3 Å². The first-order chi connectivity index (χ1) is 13.0. The number of benzene rings is 1. The van der Waals surface area contributed by atoms with Crippen LogP contribution in [0.15, 0.2) is 22.7 Å². The maximum atomic E-state index is 12.8. The Hall–Kier alpha value is -2.00. The van der Waals surface area contributed by atoms with Crippen molar-refractivity contribution in [3.05, 3.63) is 29.1 Å². The van der Waals surface area contributed by atoms with Gasteiger partial charge in [0.25, 0.3) is 0 Å². The molecule has 2 aliphatic rings. The molecule has 0 radical (unpaired) electrons. The summed E-state index contributed by atoms with van der Waals surface area (Å²) in [5, 5.41) is 6.59. The van der Waals surface area contributed by atoms with Gasteiger partial charge in [0.2, 0.25) is 11.7 Å². The number of aromatic nitrogens is 3. The van der Waals surface area contributed by atoms with E-state index in [1.54, 1.807) is 18.2 Å². The van der Waals surface area contributed by atoms with Crippen LogP contribution >= 0.6 is 11.3 Å². The molecule has 2 atom stereocenters. The van der Waals surface area contributed by atoms with E-state index in [0.29, 0.717) is 56.6 Å². The van der Waals surface area contributed by atoms with Crippen LogP contribution in [0.4, 0.5) is 13.2 Å². The first-order valence-electron chi connectivity index (χ1n) is 9.01. The van der Waals surface area contributed by atoms with Crippen molar-refractivity contribution in [1.29, 1.82) is 0 Å². The molecule has 0 amide bonds. The van der Waals surface area contributed by atoms with Crippen LogP contribution in [0.25, 0.3) is 21.6 Å². The third-order valence-electron chi connectivity index (χ3n) is 5.48. The predicted octanol–water partition coefficient (Wildman–Crippen LogP) is 4.47. The molecule has 1 aromatic carbocycles. The summed E-state index contributed by atoms with van der Waals surface area (Å²) < 4.78 is 44.5. The summed E-state index contributed by atoms with van der Waals surface area (Å²) in [4.78, 5) is 8.17. The van der Waals surface area contributed by atoms with E-state index in [-0.39, 0.29) is 0 Å². The average molecular weight is 394 g/mol. The zero-order valence-electron chi connectivity index (χ0n) is 14.3. The van der Waals surface area contributed by atoms with Crippen LogP contribution in [-0.2, 0) is 6.18 Å². The molecule has 9 heteroatoms. The van der Waals surface area contributed by atoms with Crippen LogP contribution in [0.3, 0.4) is 0 Å². The minimum atomic E-state index is -4.43. The third kappa shape index (κ3) is 3.23. The van der Waals surface area contributed by atoms with E-state index in [1.165, 1.54) is 12.8 Å². The number of hydrogen-bond acceptors (Lipinski definition) is 6. The highest BCUT2D eigenvalue weighted by atomic mass is 32.1. The Bertz CT molecular complexity index is 977. The fraction of sp³-hybridized carbons (Fsp3) is 0.500. The Labute approximate surface area is 157 Å². The van der Waals surface area contributed by atoms with Gasteiger partial charge < -0.3 is 9.84 Å². The minimum absolute atomic E-state index is 0.318. The van der Waals surface area contributed by atoms with Crippen LogP contribution in [-0.4, -0.2) is 28.2 Å². The van der Waals surface area contributed by atoms with Crippen LogP contribution in [0.5, 0.6) is 0 Å². The third-order valence-corrected chi connectivity index (χ3v) is 6.54. The molecular weight excluding hydrogens is 377 g/mol. The quantitative estimate of drug-likeness (QED) is 0.710. The first-order valence-corrected chi connectivity index (χ1v) is 9.83. The number of halogens is 3. The largest absolute Gasteiger partial charge is 0.443 e. The lowest BCUT2D eigenvalue weighted by molar-refractivity contribution is -0.137. The Balaban J connectivity index is 1.36. The zero-order valence-corrected chi connectivity index (χ0v) is 15.1. The first kappa shape index (κ1) is 17.1. The number of alkyl halides is 3. The molecule has 1 aliphatic carbocycles. The normalized spacial score (nSPS) is 23.8. The fourth-order valence-corrected chi connectivity index (χ4v) is 4.85. The van der Waals surface area contributed by atoms with E-state index < -0.39 is 11.2 Å². The Morgan fingerprint density at radius 3 is 2.74 bits per heavy atom. The van der Waals surface area contributed by atoms with Crippen molar-refractivity contribution in [1.82, 2.24) is 20.4 Å². The maximum absolute atomic E-state index is 12.8. The molecule has 0 spiro atoms. The van der Waals surface area contributed by atoms with E-state index in [9.17, 15) is 13.2 Å². The SMILES string of the molecule is FC(F)(F)c1nc2ccc(-c3noc([C@@H]4C[C@H]4C4CCNCC4)n3)cc2s1. The van der Waals surface area contributed by atoms with E-state index in [0.717, 1.165) is 19.5 Å². The summed E-state index contributed by atoms with van der Waals surface area (Å²) in [6.45, 7) is 2.13.